The number of thioether (sulfide) groups is 1. The molecule has 1 N–H and O–H groups in total. The molecular formula is C19H19N3O4S2. The number of rotatable bonds is 6. The number of thiocarbonyl (C=S) groups is 1. The Balaban J connectivity index is 1.92. The fraction of sp³-hybridized carbons (Fsp3) is 0.263. The molecule has 0 saturated carbocycles. The number of amides is 1. The Morgan fingerprint density at radius 2 is 1.93 bits per heavy atom. The van der Waals surface area contributed by atoms with E-state index in [1.165, 1.54) is 4.90 Å². The number of benzene rings is 1. The average Bonchev–Trinajstić information content (AvgIpc) is 3.04. The van der Waals surface area contributed by atoms with E-state index >= 15 is 0 Å². The van der Waals surface area contributed by atoms with E-state index in [1.807, 2.05) is 37.3 Å². The average molecular weight is 418 g/mol. The van der Waals surface area contributed by atoms with E-state index in [2.05, 4.69) is 0 Å². The van der Waals surface area contributed by atoms with Gasteiger partial charge >= 0.3 is 5.97 Å². The summed E-state index contributed by atoms with van der Waals surface area (Å²) in [6.07, 6.45) is 1.86. The molecule has 1 saturated heterocycles. The minimum Gasteiger partial charge on any atom is -0.481 e. The number of carbonyl (C=O) groups is 2. The zero-order valence-electron chi connectivity index (χ0n) is 15.4. The number of carboxylic acid groups (broad SMARTS) is 1. The van der Waals surface area contributed by atoms with Gasteiger partial charge in [-0.3, -0.25) is 24.0 Å². The summed E-state index contributed by atoms with van der Waals surface area (Å²) >= 11 is 6.38. The Kier molecular flexibility index (Phi) is 5.85. The van der Waals surface area contributed by atoms with Gasteiger partial charge < -0.3 is 5.11 Å². The summed E-state index contributed by atoms with van der Waals surface area (Å²) in [5.74, 6) is -1.21. The van der Waals surface area contributed by atoms with Crippen molar-refractivity contribution in [1.82, 2.24) is 14.3 Å². The van der Waals surface area contributed by atoms with Crippen molar-refractivity contribution in [2.45, 2.75) is 19.8 Å². The lowest BCUT2D eigenvalue weighted by Crippen LogP contribution is -2.29. The largest absolute Gasteiger partial charge is 0.481 e. The molecular weight excluding hydrogens is 398 g/mol. The molecule has 1 fully saturated rings. The van der Waals surface area contributed by atoms with Crippen LogP contribution in [0.2, 0.25) is 0 Å². The molecule has 3 rings (SSSR count). The summed E-state index contributed by atoms with van der Waals surface area (Å²) < 4.78 is 3.67. The summed E-state index contributed by atoms with van der Waals surface area (Å²) in [5.41, 5.74) is 1.67. The molecule has 2 heterocycles. The van der Waals surface area contributed by atoms with Gasteiger partial charge in [-0.2, -0.15) is 0 Å². The molecule has 28 heavy (non-hydrogen) atoms. The fourth-order valence-corrected chi connectivity index (χ4v) is 4.26. The molecule has 7 nitrogen and oxygen atoms in total. The number of carbonyl (C=O) groups excluding carboxylic acids is 1. The molecule has 2 aromatic rings. The number of hydrogen-bond acceptors (Lipinski definition) is 5. The van der Waals surface area contributed by atoms with Crippen LogP contribution in [0.1, 0.15) is 24.1 Å². The van der Waals surface area contributed by atoms with Gasteiger partial charge in [-0.05, 0) is 31.6 Å². The first kappa shape index (κ1) is 20.1. The van der Waals surface area contributed by atoms with Crippen molar-refractivity contribution in [3.63, 3.8) is 0 Å². The van der Waals surface area contributed by atoms with Crippen LogP contribution in [0.25, 0.3) is 11.8 Å². The van der Waals surface area contributed by atoms with E-state index in [0.29, 0.717) is 21.2 Å². The molecule has 0 aliphatic carbocycles. The lowest BCUT2D eigenvalue weighted by molar-refractivity contribution is -0.137. The topological polar surface area (TPSA) is 84.5 Å². The van der Waals surface area contributed by atoms with E-state index in [-0.39, 0.29) is 24.4 Å². The van der Waals surface area contributed by atoms with Crippen molar-refractivity contribution in [3.05, 3.63) is 56.8 Å². The maximum Gasteiger partial charge on any atom is 0.303 e. The predicted molar refractivity (Wildman–Crippen MR) is 112 cm³/mol. The minimum absolute atomic E-state index is 0.0321. The van der Waals surface area contributed by atoms with Gasteiger partial charge in [-0.25, -0.2) is 4.68 Å². The molecule has 0 spiro atoms. The van der Waals surface area contributed by atoms with Crippen molar-refractivity contribution in [3.8, 4) is 5.69 Å². The first-order valence-corrected chi connectivity index (χ1v) is 9.85. The normalized spacial score (nSPS) is 15.6. The summed E-state index contributed by atoms with van der Waals surface area (Å²) in [4.78, 5) is 38.1. The smallest absolute Gasteiger partial charge is 0.303 e. The molecule has 1 aliphatic heterocycles. The van der Waals surface area contributed by atoms with Crippen molar-refractivity contribution in [2.75, 3.05) is 6.54 Å². The summed E-state index contributed by atoms with van der Waals surface area (Å²) in [6, 6.07) is 9.26. The molecule has 146 valence electrons. The van der Waals surface area contributed by atoms with Gasteiger partial charge in [0.2, 0.25) is 0 Å². The lowest BCUT2D eigenvalue weighted by Gasteiger charge is -2.13. The monoisotopic (exact) mass is 417 g/mol. The highest BCUT2D eigenvalue weighted by Gasteiger charge is 2.32. The molecule has 0 unspecified atom stereocenters. The van der Waals surface area contributed by atoms with E-state index in [4.69, 9.17) is 17.3 Å². The molecule has 1 aromatic heterocycles. The Morgan fingerprint density at radius 3 is 2.57 bits per heavy atom. The van der Waals surface area contributed by atoms with Crippen molar-refractivity contribution in [1.29, 1.82) is 0 Å². The number of hydrogen-bond donors (Lipinski definition) is 1. The zero-order chi connectivity index (χ0) is 20.4. The maximum atomic E-state index is 13.0. The molecule has 0 radical (unpaired) electrons. The Bertz CT molecular complexity index is 1040. The highest BCUT2D eigenvalue weighted by Crippen LogP contribution is 2.32. The van der Waals surface area contributed by atoms with Crippen LogP contribution >= 0.6 is 24.0 Å². The second-order valence-electron chi connectivity index (χ2n) is 6.31. The van der Waals surface area contributed by atoms with Crippen LogP contribution in [0, 0.1) is 6.92 Å². The molecule has 1 aliphatic rings. The number of para-hydroxylation sites is 1. The highest BCUT2D eigenvalue weighted by molar-refractivity contribution is 8.26. The number of carboxylic acids is 1. The van der Waals surface area contributed by atoms with Gasteiger partial charge in [0, 0.05) is 25.7 Å². The molecule has 9 heteroatoms. The van der Waals surface area contributed by atoms with Crippen LogP contribution in [0.5, 0.6) is 0 Å². The molecule has 0 atom stereocenters. The van der Waals surface area contributed by atoms with Gasteiger partial charge in [-0.1, -0.05) is 42.2 Å². The minimum atomic E-state index is -0.914. The number of aliphatic carboxylic acids is 1. The molecule has 0 bridgehead atoms. The van der Waals surface area contributed by atoms with E-state index in [1.54, 1.807) is 22.5 Å². The Labute approximate surface area is 171 Å². The van der Waals surface area contributed by atoms with Crippen molar-refractivity contribution >= 4 is 46.3 Å². The summed E-state index contributed by atoms with van der Waals surface area (Å²) in [5, 5.41) is 8.76. The first-order chi connectivity index (χ1) is 13.3. The van der Waals surface area contributed by atoms with Crippen LogP contribution in [-0.4, -0.2) is 42.1 Å². The first-order valence-electron chi connectivity index (χ1n) is 8.62. The van der Waals surface area contributed by atoms with Crippen molar-refractivity contribution in [2.24, 2.45) is 7.05 Å². The summed E-state index contributed by atoms with van der Waals surface area (Å²) in [6.45, 7) is 2.07. The fourth-order valence-electron chi connectivity index (χ4n) is 2.97. The third-order valence-electron chi connectivity index (χ3n) is 4.52. The van der Waals surface area contributed by atoms with Gasteiger partial charge in [0.05, 0.1) is 16.2 Å². The number of aromatic nitrogens is 2. The van der Waals surface area contributed by atoms with Gasteiger partial charge in [0.1, 0.15) is 4.32 Å². The predicted octanol–water partition coefficient (Wildman–Crippen LogP) is 2.55. The number of nitrogens with zero attached hydrogens (tertiary/aromatic N) is 3. The molecule has 1 aromatic carbocycles. The van der Waals surface area contributed by atoms with Crippen LogP contribution in [0.4, 0.5) is 0 Å². The van der Waals surface area contributed by atoms with E-state index in [0.717, 1.165) is 23.1 Å². The third kappa shape index (κ3) is 3.81. The van der Waals surface area contributed by atoms with Gasteiger partial charge in [0.25, 0.3) is 11.5 Å². The maximum absolute atomic E-state index is 13.0. The van der Waals surface area contributed by atoms with Crippen LogP contribution in [-0.2, 0) is 16.6 Å². The Hall–Kier alpha value is -2.65. The quantitative estimate of drug-likeness (QED) is 0.574. The highest BCUT2D eigenvalue weighted by atomic mass is 32.2. The van der Waals surface area contributed by atoms with Gasteiger partial charge in [0.15, 0.2) is 0 Å². The van der Waals surface area contributed by atoms with E-state index in [9.17, 15) is 14.4 Å². The molecule has 1 amide bonds. The third-order valence-corrected chi connectivity index (χ3v) is 5.90. The van der Waals surface area contributed by atoms with Crippen LogP contribution in [0.3, 0.4) is 0 Å². The second-order valence-corrected chi connectivity index (χ2v) is 7.98. The SMILES string of the molecule is Cc1c(/C=C2\SC(=S)N(CCCC(=O)O)C2=O)c(=O)n(-c2ccccc2)n1C. The Morgan fingerprint density at radius 1 is 1.25 bits per heavy atom. The second kappa shape index (κ2) is 8.15. The summed E-state index contributed by atoms with van der Waals surface area (Å²) in [7, 11) is 1.79. The van der Waals surface area contributed by atoms with Crippen molar-refractivity contribution < 1.29 is 14.7 Å². The van der Waals surface area contributed by atoms with E-state index < -0.39 is 5.97 Å². The van der Waals surface area contributed by atoms with Crippen LogP contribution in [0.15, 0.2) is 40.0 Å². The zero-order valence-corrected chi connectivity index (χ0v) is 17.0. The van der Waals surface area contributed by atoms with Gasteiger partial charge in [-0.15, -0.1) is 0 Å². The van der Waals surface area contributed by atoms with Crippen LogP contribution < -0.4 is 5.56 Å². The standard InChI is InChI=1S/C19H19N3O4S2/c1-12-14(17(25)22(20(12)2)13-7-4-3-5-8-13)11-15-18(26)21(19(27)28-15)10-6-9-16(23)24/h3-5,7-8,11H,6,9-10H2,1-2H3,(H,23,24)/b15-11-. The lowest BCUT2D eigenvalue weighted by atomic mass is 10.2.